The Labute approximate surface area is 98.0 Å². The Morgan fingerprint density at radius 1 is 1.38 bits per heavy atom. The quantitative estimate of drug-likeness (QED) is 0.825. The number of benzene rings is 1. The molecule has 1 fully saturated rings. The highest BCUT2D eigenvalue weighted by Crippen LogP contribution is 2.31. The molecule has 16 heavy (non-hydrogen) atoms. The molecule has 0 radical (unpaired) electrons. The normalized spacial score (nSPS) is 21.2. The fraction of sp³-hybridized carbons (Fsp3) is 0.455. The molecule has 0 aromatic heterocycles. The Morgan fingerprint density at radius 2 is 2.12 bits per heavy atom. The Kier molecular flexibility index (Phi) is 3.30. The lowest BCUT2D eigenvalue weighted by Crippen LogP contribution is -2.43. The van der Waals surface area contributed by atoms with Crippen LogP contribution in [-0.2, 0) is 0 Å². The maximum atomic E-state index is 13.6. The van der Waals surface area contributed by atoms with Gasteiger partial charge < -0.3 is 10.6 Å². The zero-order valence-electron chi connectivity index (χ0n) is 8.72. The Hall–Kier alpha value is -0.870. The highest BCUT2D eigenvalue weighted by Gasteiger charge is 2.22. The van der Waals surface area contributed by atoms with Crippen LogP contribution in [0.2, 0.25) is 5.02 Å². The van der Waals surface area contributed by atoms with E-state index in [1.807, 2.05) is 0 Å². The molecule has 88 valence electrons. The van der Waals surface area contributed by atoms with E-state index in [2.05, 4.69) is 0 Å². The molecule has 1 saturated heterocycles. The second kappa shape index (κ2) is 4.55. The van der Waals surface area contributed by atoms with Crippen molar-refractivity contribution in [2.45, 2.75) is 18.9 Å². The zero-order valence-corrected chi connectivity index (χ0v) is 9.47. The molecule has 0 spiro atoms. The van der Waals surface area contributed by atoms with Gasteiger partial charge in [0.15, 0.2) is 5.82 Å². The number of anilines is 1. The first kappa shape index (κ1) is 11.6. The lowest BCUT2D eigenvalue weighted by molar-refractivity contribution is 0.496. The average Bonchev–Trinajstić information content (AvgIpc) is 2.15. The molecule has 2 nitrogen and oxygen atoms in total. The summed E-state index contributed by atoms with van der Waals surface area (Å²) in [5.41, 5.74) is 6.07. The third-order valence-electron chi connectivity index (χ3n) is 2.76. The molecule has 1 aromatic carbocycles. The summed E-state index contributed by atoms with van der Waals surface area (Å²) < 4.78 is 26.5. The first-order valence-electron chi connectivity index (χ1n) is 5.23. The van der Waals surface area contributed by atoms with E-state index in [0.717, 1.165) is 25.0 Å². The summed E-state index contributed by atoms with van der Waals surface area (Å²) in [5, 5.41) is 0.103. The van der Waals surface area contributed by atoms with Crippen molar-refractivity contribution >= 4 is 17.3 Å². The topological polar surface area (TPSA) is 29.3 Å². The van der Waals surface area contributed by atoms with Crippen molar-refractivity contribution < 1.29 is 8.78 Å². The van der Waals surface area contributed by atoms with Crippen molar-refractivity contribution in [1.29, 1.82) is 0 Å². The molecule has 1 aromatic rings. The van der Waals surface area contributed by atoms with Gasteiger partial charge in [0.25, 0.3) is 0 Å². The highest BCUT2D eigenvalue weighted by atomic mass is 35.5. The monoisotopic (exact) mass is 246 g/mol. The van der Waals surface area contributed by atoms with Crippen molar-refractivity contribution in [2.75, 3.05) is 18.0 Å². The maximum Gasteiger partial charge on any atom is 0.150 e. The largest absolute Gasteiger partial charge is 0.366 e. The second-order valence-electron chi connectivity index (χ2n) is 4.07. The van der Waals surface area contributed by atoms with Gasteiger partial charge in [0.1, 0.15) is 5.82 Å². The third kappa shape index (κ3) is 2.28. The van der Waals surface area contributed by atoms with Crippen molar-refractivity contribution in [2.24, 2.45) is 5.73 Å². The molecule has 1 aliphatic heterocycles. The summed E-state index contributed by atoms with van der Waals surface area (Å²) >= 11 is 5.85. The fourth-order valence-electron chi connectivity index (χ4n) is 2.05. The van der Waals surface area contributed by atoms with Crippen LogP contribution in [0.5, 0.6) is 0 Å². The van der Waals surface area contributed by atoms with Gasteiger partial charge in [-0.25, -0.2) is 8.78 Å². The number of hydrogen-bond donors (Lipinski definition) is 1. The van der Waals surface area contributed by atoms with Gasteiger partial charge in [-0.15, -0.1) is 0 Å². The zero-order chi connectivity index (χ0) is 11.7. The predicted octanol–water partition coefficient (Wildman–Crippen LogP) is 2.55. The van der Waals surface area contributed by atoms with E-state index < -0.39 is 11.6 Å². The van der Waals surface area contributed by atoms with Crippen LogP contribution in [-0.4, -0.2) is 19.1 Å². The minimum absolute atomic E-state index is 0.0225. The molecule has 0 bridgehead atoms. The van der Waals surface area contributed by atoms with Crippen molar-refractivity contribution in [1.82, 2.24) is 0 Å². The van der Waals surface area contributed by atoms with Crippen molar-refractivity contribution in [3.8, 4) is 0 Å². The molecule has 1 unspecified atom stereocenters. The Morgan fingerprint density at radius 3 is 2.75 bits per heavy atom. The lowest BCUT2D eigenvalue weighted by Gasteiger charge is -2.33. The molecular weight excluding hydrogens is 234 g/mol. The number of nitrogens with zero attached hydrogens (tertiary/aromatic N) is 1. The number of rotatable bonds is 1. The third-order valence-corrected chi connectivity index (χ3v) is 3.04. The summed E-state index contributed by atoms with van der Waals surface area (Å²) in [7, 11) is 0. The van der Waals surface area contributed by atoms with Gasteiger partial charge in [0.05, 0.1) is 10.7 Å². The highest BCUT2D eigenvalue weighted by molar-refractivity contribution is 6.33. The summed E-state index contributed by atoms with van der Waals surface area (Å²) in [6.07, 6.45) is 1.82. The van der Waals surface area contributed by atoms with Gasteiger partial charge >= 0.3 is 0 Å². The summed E-state index contributed by atoms with van der Waals surface area (Å²) in [6.45, 7) is 1.26. The van der Waals surface area contributed by atoms with Crippen LogP contribution in [0.25, 0.3) is 0 Å². The smallest absolute Gasteiger partial charge is 0.150 e. The molecular formula is C11H13ClF2N2. The molecule has 0 amide bonds. The number of hydrogen-bond acceptors (Lipinski definition) is 2. The van der Waals surface area contributed by atoms with E-state index in [9.17, 15) is 8.78 Å². The van der Waals surface area contributed by atoms with E-state index in [1.165, 1.54) is 0 Å². The second-order valence-corrected chi connectivity index (χ2v) is 4.47. The minimum atomic E-state index is -0.660. The Bertz CT molecular complexity index is 375. The van der Waals surface area contributed by atoms with Crippen LogP contribution in [0.3, 0.4) is 0 Å². The molecule has 1 heterocycles. The van der Waals surface area contributed by atoms with Gasteiger partial charge in [-0.05, 0) is 18.9 Å². The van der Waals surface area contributed by atoms with Crippen LogP contribution in [0.15, 0.2) is 12.1 Å². The van der Waals surface area contributed by atoms with Gasteiger partial charge in [-0.1, -0.05) is 11.6 Å². The molecule has 0 saturated carbocycles. The van der Waals surface area contributed by atoms with E-state index in [-0.39, 0.29) is 16.8 Å². The SMILES string of the molecule is NC1CCCN(c2c(F)cc(F)cc2Cl)C1. The first-order valence-corrected chi connectivity index (χ1v) is 5.61. The summed E-state index contributed by atoms with van der Waals surface area (Å²) in [5.74, 6) is -1.29. The average molecular weight is 247 g/mol. The molecule has 2 N–H and O–H groups in total. The van der Waals surface area contributed by atoms with Crippen LogP contribution < -0.4 is 10.6 Å². The summed E-state index contributed by atoms with van der Waals surface area (Å²) in [6, 6.07) is 2.00. The maximum absolute atomic E-state index is 13.6. The molecule has 1 aliphatic rings. The van der Waals surface area contributed by atoms with Crippen LogP contribution in [0.1, 0.15) is 12.8 Å². The van der Waals surface area contributed by atoms with Crippen LogP contribution in [0, 0.1) is 11.6 Å². The van der Waals surface area contributed by atoms with Crippen LogP contribution >= 0.6 is 11.6 Å². The number of halogens is 3. The van der Waals surface area contributed by atoms with E-state index >= 15 is 0 Å². The molecule has 1 atom stereocenters. The predicted molar refractivity (Wildman–Crippen MR) is 60.8 cm³/mol. The lowest BCUT2D eigenvalue weighted by atomic mass is 10.1. The van der Waals surface area contributed by atoms with E-state index in [1.54, 1.807) is 4.90 Å². The molecule has 0 aliphatic carbocycles. The van der Waals surface area contributed by atoms with Gasteiger partial charge in [-0.3, -0.25) is 0 Å². The molecule has 5 heteroatoms. The van der Waals surface area contributed by atoms with E-state index in [0.29, 0.717) is 13.1 Å². The fourth-order valence-corrected chi connectivity index (χ4v) is 2.36. The van der Waals surface area contributed by atoms with E-state index in [4.69, 9.17) is 17.3 Å². The van der Waals surface area contributed by atoms with Crippen molar-refractivity contribution in [3.05, 3.63) is 28.8 Å². The number of piperidine rings is 1. The first-order chi connectivity index (χ1) is 7.58. The standard InChI is InChI=1S/C11H13ClF2N2/c12-9-4-7(13)5-10(14)11(9)16-3-1-2-8(15)6-16/h4-5,8H,1-3,6,15H2. The Balaban J connectivity index is 2.32. The molecule has 2 rings (SSSR count). The van der Waals surface area contributed by atoms with Gasteiger partial charge in [0.2, 0.25) is 0 Å². The van der Waals surface area contributed by atoms with Gasteiger partial charge in [-0.2, -0.15) is 0 Å². The minimum Gasteiger partial charge on any atom is -0.366 e. The van der Waals surface area contributed by atoms with Crippen molar-refractivity contribution in [3.63, 3.8) is 0 Å². The summed E-state index contributed by atoms with van der Waals surface area (Å²) in [4.78, 5) is 1.78. The van der Waals surface area contributed by atoms with Gasteiger partial charge in [0, 0.05) is 25.2 Å². The number of nitrogens with two attached hydrogens (primary N) is 1. The van der Waals surface area contributed by atoms with Crippen LogP contribution in [0.4, 0.5) is 14.5 Å².